The van der Waals surface area contributed by atoms with Gasteiger partial charge in [0.2, 0.25) is 5.91 Å². The molecular formula is C16H31N3O2. The van der Waals surface area contributed by atoms with Crippen molar-refractivity contribution in [2.24, 2.45) is 5.73 Å². The quantitative estimate of drug-likeness (QED) is 0.847. The van der Waals surface area contributed by atoms with E-state index in [0.717, 1.165) is 39.0 Å². The maximum absolute atomic E-state index is 12.5. The Morgan fingerprint density at radius 1 is 1.33 bits per heavy atom. The van der Waals surface area contributed by atoms with Gasteiger partial charge in [-0.15, -0.1) is 0 Å². The lowest BCUT2D eigenvalue weighted by molar-refractivity contribution is -0.145. The van der Waals surface area contributed by atoms with Crippen LogP contribution in [0.25, 0.3) is 0 Å². The first-order valence-corrected chi connectivity index (χ1v) is 8.31. The van der Waals surface area contributed by atoms with Crippen molar-refractivity contribution in [1.29, 1.82) is 0 Å². The Balaban J connectivity index is 1.93. The molecule has 2 saturated heterocycles. The van der Waals surface area contributed by atoms with Gasteiger partial charge in [-0.3, -0.25) is 9.69 Å². The largest absolute Gasteiger partial charge is 0.370 e. The molecule has 21 heavy (non-hydrogen) atoms. The number of carbonyl (C=O) groups excluding carboxylic acids is 1. The number of nitrogens with zero attached hydrogens (tertiary/aromatic N) is 2. The summed E-state index contributed by atoms with van der Waals surface area (Å²) in [4.78, 5) is 16.8. The van der Waals surface area contributed by atoms with Crippen LogP contribution in [-0.2, 0) is 9.53 Å². The third-order valence-electron chi connectivity index (χ3n) is 4.50. The highest BCUT2D eigenvalue weighted by molar-refractivity contribution is 5.77. The summed E-state index contributed by atoms with van der Waals surface area (Å²) < 4.78 is 5.94. The van der Waals surface area contributed by atoms with E-state index in [1.54, 1.807) is 0 Å². The lowest BCUT2D eigenvalue weighted by atomic mass is 10.0. The predicted molar refractivity (Wildman–Crippen MR) is 84.1 cm³/mol. The van der Waals surface area contributed by atoms with Crippen LogP contribution in [0.15, 0.2) is 0 Å². The van der Waals surface area contributed by atoms with Gasteiger partial charge in [0, 0.05) is 45.2 Å². The third-order valence-corrected chi connectivity index (χ3v) is 4.50. The molecule has 0 aromatic rings. The van der Waals surface area contributed by atoms with E-state index >= 15 is 0 Å². The van der Waals surface area contributed by atoms with E-state index in [9.17, 15) is 4.79 Å². The molecule has 2 fully saturated rings. The average Bonchev–Trinajstić information content (AvgIpc) is 2.43. The third kappa shape index (κ3) is 4.66. The number of hydrogen-bond acceptors (Lipinski definition) is 4. The van der Waals surface area contributed by atoms with Crippen LogP contribution in [0.1, 0.15) is 46.5 Å². The molecule has 2 aliphatic heterocycles. The van der Waals surface area contributed by atoms with Gasteiger partial charge in [0.15, 0.2) is 0 Å². The molecule has 0 spiro atoms. The lowest BCUT2D eigenvalue weighted by Crippen LogP contribution is -2.57. The molecular weight excluding hydrogens is 266 g/mol. The normalized spacial score (nSPS) is 28.4. The van der Waals surface area contributed by atoms with Crippen LogP contribution in [0.2, 0.25) is 0 Å². The Morgan fingerprint density at radius 3 is 2.57 bits per heavy atom. The number of ether oxygens (including phenoxy) is 1. The van der Waals surface area contributed by atoms with Gasteiger partial charge in [0.1, 0.15) is 0 Å². The smallest absolute Gasteiger partial charge is 0.224 e. The van der Waals surface area contributed by atoms with E-state index in [0.29, 0.717) is 13.0 Å². The molecule has 0 radical (unpaired) electrons. The minimum absolute atomic E-state index is 0.130. The van der Waals surface area contributed by atoms with Gasteiger partial charge in [0.25, 0.3) is 0 Å². The summed E-state index contributed by atoms with van der Waals surface area (Å²) in [6.45, 7) is 10.4. The van der Waals surface area contributed by atoms with Crippen molar-refractivity contribution in [3.63, 3.8) is 0 Å². The van der Waals surface area contributed by atoms with Crippen LogP contribution in [0, 0.1) is 0 Å². The Morgan fingerprint density at radius 2 is 2.00 bits per heavy atom. The fourth-order valence-electron chi connectivity index (χ4n) is 3.62. The van der Waals surface area contributed by atoms with E-state index in [-0.39, 0.29) is 23.7 Å². The number of nitrogens with two attached hydrogens (primary N) is 1. The summed E-state index contributed by atoms with van der Waals surface area (Å²) in [5, 5.41) is 0. The van der Waals surface area contributed by atoms with Gasteiger partial charge < -0.3 is 15.4 Å². The number of piperidine rings is 1. The Kier molecular flexibility index (Phi) is 5.63. The highest BCUT2D eigenvalue weighted by Gasteiger charge is 2.35. The molecule has 0 bridgehead atoms. The number of likely N-dealkylation sites (tertiary alicyclic amines) is 1. The second-order valence-corrected chi connectivity index (χ2v) is 7.15. The highest BCUT2D eigenvalue weighted by atomic mass is 16.5. The molecule has 2 rings (SSSR count). The number of amides is 1. The zero-order chi connectivity index (χ0) is 15.5. The van der Waals surface area contributed by atoms with Crippen molar-refractivity contribution < 1.29 is 9.53 Å². The predicted octanol–water partition coefficient (Wildman–Crippen LogP) is 1.22. The van der Waals surface area contributed by atoms with Crippen LogP contribution in [0.5, 0.6) is 0 Å². The molecule has 2 heterocycles. The van der Waals surface area contributed by atoms with E-state index in [4.69, 9.17) is 10.5 Å². The van der Waals surface area contributed by atoms with Crippen LogP contribution in [0.3, 0.4) is 0 Å². The van der Waals surface area contributed by atoms with Gasteiger partial charge in [-0.2, -0.15) is 0 Å². The first-order valence-electron chi connectivity index (χ1n) is 8.31. The summed E-state index contributed by atoms with van der Waals surface area (Å²) in [5.74, 6) is 0.266. The molecule has 0 aromatic heterocycles. The van der Waals surface area contributed by atoms with Gasteiger partial charge >= 0.3 is 0 Å². The van der Waals surface area contributed by atoms with Gasteiger partial charge in [-0.1, -0.05) is 0 Å². The van der Waals surface area contributed by atoms with Crippen molar-refractivity contribution in [2.45, 2.75) is 64.2 Å². The molecule has 0 aliphatic carbocycles. The number of carbonyl (C=O) groups is 1. The number of rotatable bonds is 4. The van der Waals surface area contributed by atoms with Crippen LogP contribution >= 0.6 is 0 Å². The summed E-state index contributed by atoms with van der Waals surface area (Å²) in [5.41, 5.74) is 5.79. The molecule has 2 unspecified atom stereocenters. The molecule has 0 aromatic carbocycles. The highest BCUT2D eigenvalue weighted by Crippen LogP contribution is 2.23. The number of morpholine rings is 1. The standard InChI is InChI=1S/C16H31N3O2/c1-13-11-19(12-16(2,3)21-13)14(10-17)9-15(20)18-7-5-4-6-8-18/h13-14H,4-12,17H2,1-3H3. The Hall–Kier alpha value is -0.650. The topological polar surface area (TPSA) is 58.8 Å². The van der Waals surface area contributed by atoms with Crippen LogP contribution in [-0.4, -0.2) is 66.2 Å². The van der Waals surface area contributed by atoms with Crippen LogP contribution < -0.4 is 5.73 Å². The number of hydrogen-bond donors (Lipinski definition) is 1. The summed E-state index contributed by atoms with van der Waals surface area (Å²) in [6, 6.07) is 0.130. The summed E-state index contributed by atoms with van der Waals surface area (Å²) >= 11 is 0. The Labute approximate surface area is 128 Å². The fourth-order valence-corrected chi connectivity index (χ4v) is 3.62. The molecule has 2 atom stereocenters. The molecule has 5 heteroatoms. The van der Waals surface area contributed by atoms with Crippen LogP contribution in [0.4, 0.5) is 0 Å². The molecule has 2 aliphatic rings. The van der Waals surface area contributed by atoms with Gasteiger partial charge in [-0.05, 0) is 40.0 Å². The molecule has 122 valence electrons. The minimum Gasteiger partial charge on any atom is -0.370 e. The zero-order valence-electron chi connectivity index (χ0n) is 13.8. The van der Waals surface area contributed by atoms with E-state index < -0.39 is 0 Å². The van der Waals surface area contributed by atoms with Crippen molar-refractivity contribution in [2.75, 3.05) is 32.7 Å². The van der Waals surface area contributed by atoms with Gasteiger partial charge in [0.05, 0.1) is 11.7 Å². The summed E-state index contributed by atoms with van der Waals surface area (Å²) in [7, 11) is 0. The zero-order valence-corrected chi connectivity index (χ0v) is 13.8. The van der Waals surface area contributed by atoms with Gasteiger partial charge in [-0.25, -0.2) is 0 Å². The molecule has 0 saturated carbocycles. The van der Waals surface area contributed by atoms with Crippen molar-refractivity contribution >= 4 is 5.91 Å². The fraction of sp³-hybridized carbons (Fsp3) is 0.938. The second kappa shape index (κ2) is 7.07. The maximum Gasteiger partial charge on any atom is 0.224 e. The van der Waals surface area contributed by atoms with Crippen molar-refractivity contribution in [3.05, 3.63) is 0 Å². The van der Waals surface area contributed by atoms with Crippen molar-refractivity contribution in [1.82, 2.24) is 9.80 Å². The molecule has 2 N–H and O–H groups in total. The maximum atomic E-state index is 12.5. The second-order valence-electron chi connectivity index (χ2n) is 7.15. The molecule has 1 amide bonds. The SMILES string of the molecule is CC1CN(C(CN)CC(=O)N2CCCCC2)CC(C)(C)O1. The first-order chi connectivity index (χ1) is 9.91. The first kappa shape index (κ1) is 16.7. The lowest BCUT2D eigenvalue weighted by Gasteiger charge is -2.45. The molecule has 5 nitrogen and oxygen atoms in total. The van der Waals surface area contributed by atoms with E-state index in [1.165, 1.54) is 6.42 Å². The monoisotopic (exact) mass is 297 g/mol. The average molecular weight is 297 g/mol. The minimum atomic E-state index is -0.167. The van der Waals surface area contributed by atoms with E-state index in [1.807, 2.05) is 4.90 Å². The summed E-state index contributed by atoms with van der Waals surface area (Å²) in [6.07, 6.45) is 4.26. The van der Waals surface area contributed by atoms with E-state index in [2.05, 4.69) is 25.7 Å². The van der Waals surface area contributed by atoms with Crippen molar-refractivity contribution in [3.8, 4) is 0 Å². The Bertz CT molecular complexity index is 353.